The number of rotatable bonds is 4. The molecule has 0 bridgehead atoms. The molecule has 3 aromatic rings. The third-order valence-corrected chi connectivity index (χ3v) is 5.38. The average molecular weight is 333 g/mol. The van der Waals surface area contributed by atoms with Crippen LogP contribution in [-0.2, 0) is 0 Å². The van der Waals surface area contributed by atoms with Crippen molar-refractivity contribution in [2.24, 2.45) is 0 Å². The molecule has 5 nitrogen and oxygen atoms in total. The maximum atomic E-state index is 4.87. The van der Waals surface area contributed by atoms with Gasteiger partial charge in [0.05, 0.1) is 6.20 Å². The highest BCUT2D eigenvalue weighted by molar-refractivity contribution is 5.63. The van der Waals surface area contributed by atoms with Gasteiger partial charge in [-0.2, -0.15) is 14.6 Å². The summed E-state index contributed by atoms with van der Waals surface area (Å²) in [4.78, 5) is 9.71. The van der Waals surface area contributed by atoms with E-state index in [0.717, 1.165) is 23.0 Å². The van der Waals surface area contributed by atoms with E-state index >= 15 is 0 Å². The quantitative estimate of drug-likeness (QED) is 0.768. The second-order valence-electron chi connectivity index (χ2n) is 7.33. The lowest BCUT2D eigenvalue weighted by molar-refractivity contribution is 0.460. The van der Waals surface area contributed by atoms with E-state index in [1.54, 1.807) is 0 Å². The highest BCUT2D eigenvalue weighted by Gasteiger charge is 2.29. The van der Waals surface area contributed by atoms with Gasteiger partial charge >= 0.3 is 0 Å². The number of nitrogens with zero attached hydrogens (tertiary/aromatic N) is 4. The van der Waals surface area contributed by atoms with Crippen LogP contribution >= 0.6 is 0 Å². The summed E-state index contributed by atoms with van der Waals surface area (Å²) in [6.45, 7) is 0. The molecule has 0 saturated heterocycles. The summed E-state index contributed by atoms with van der Waals surface area (Å²) in [6, 6.07) is 10.7. The fourth-order valence-electron chi connectivity index (χ4n) is 3.82. The third kappa shape index (κ3) is 2.88. The van der Waals surface area contributed by atoms with Crippen LogP contribution < -0.4 is 5.32 Å². The van der Waals surface area contributed by atoms with E-state index in [4.69, 9.17) is 9.97 Å². The zero-order valence-corrected chi connectivity index (χ0v) is 14.4. The maximum Gasteiger partial charge on any atom is 0.228 e. The standard InChI is InChI=1S/C20H23N5/c1-3-7-15(8-4-1)18-23-19-17(14-11-12-14)13-21-25(19)20(24-18)22-16-9-5-2-6-10-16/h1,3-4,7-8,13-14,16H,2,5-6,9-12H2,(H,22,23,24). The normalized spacial score (nSPS) is 18.6. The highest BCUT2D eigenvalue weighted by atomic mass is 15.4. The van der Waals surface area contributed by atoms with Gasteiger partial charge in [0.2, 0.25) is 5.95 Å². The predicted molar refractivity (Wildman–Crippen MR) is 98.7 cm³/mol. The molecular weight excluding hydrogens is 310 g/mol. The van der Waals surface area contributed by atoms with E-state index in [0.29, 0.717) is 12.0 Å². The number of hydrogen-bond donors (Lipinski definition) is 1. The lowest BCUT2D eigenvalue weighted by Gasteiger charge is -2.23. The third-order valence-electron chi connectivity index (χ3n) is 5.38. The molecule has 0 unspecified atom stereocenters. The van der Waals surface area contributed by atoms with Gasteiger partial charge in [0.25, 0.3) is 0 Å². The molecule has 0 amide bonds. The van der Waals surface area contributed by atoms with Crippen LogP contribution in [-0.4, -0.2) is 25.6 Å². The number of benzene rings is 1. The summed E-state index contributed by atoms with van der Waals surface area (Å²) >= 11 is 0. The van der Waals surface area contributed by atoms with Crippen LogP contribution in [0.3, 0.4) is 0 Å². The number of fused-ring (bicyclic) bond motifs is 1. The van der Waals surface area contributed by atoms with E-state index in [9.17, 15) is 0 Å². The van der Waals surface area contributed by atoms with Crippen molar-refractivity contribution < 1.29 is 0 Å². The molecule has 1 N–H and O–H groups in total. The summed E-state index contributed by atoms with van der Waals surface area (Å²) in [5.74, 6) is 2.25. The Morgan fingerprint density at radius 2 is 1.72 bits per heavy atom. The SMILES string of the molecule is c1ccc(-c2nc(NC3CCCCC3)n3ncc(C4CC4)c3n2)cc1. The maximum absolute atomic E-state index is 4.87. The van der Waals surface area contributed by atoms with Crippen molar-refractivity contribution in [2.45, 2.75) is 56.9 Å². The Hall–Kier alpha value is -2.43. The van der Waals surface area contributed by atoms with E-state index in [1.807, 2.05) is 28.9 Å². The van der Waals surface area contributed by atoms with Gasteiger partial charge in [-0.15, -0.1) is 0 Å². The molecule has 128 valence electrons. The first-order chi connectivity index (χ1) is 12.4. The van der Waals surface area contributed by atoms with Gasteiger partial charge in [-0.05, 0) is 31.6 Å². The van der Waals surface area contributed by atoms with Crippen LogP contribution in [0.25, 0.3) is 17.0 Å². The number of hydrogen-bond acceptors (Lipinski definition) is 4. The monoisotopic (exact) mass is 333 g/mol. The Morgan fingerprint density at radius 1 is 0.920 bits per heavy atom. The topological polar surface area (TPSA) is 55.1 Å². The lowest BCUT2D eigenvalue weighted by Crippen LogP contribution is -2.25. The first kappa shape index (κ1) is 14.9. The molecule has 2 saturated carbocycles. The van der Waals surface area contributed by atoms with E-state index in [-0.39, 0.29) is 0 Å². The van der Waals surface area contributed by atoms with Crippen molar-refractivity contribution >= 4 is 11.6 Å². The Balaban J connectivity index is 1.61. The van der Waals surface area contributed by atoms with Crippen LogP contribution in [0.15, 0.2) is 36.5 Å². The minimum Gasteiger partial charge on any atom is -0.351 e. The molecule has 2 aliphatic carbocycles. The largest absolute Gasteiger partial charge is 0.351 e. The summed E-state index contributed by atoms with van der Waals surface area (Å²) < 4.78 is 1.91. The Morgan fingerprint density at radius 3 is 2.48 bits per heavy atom. The van der Waals surface area contributed by atoms with Crippen LogP contribution in [0.1, 0.15) is 56.4 Å². The van der Waals surface area contributed by atoms with Crippen molar-refractivity contribution in [2.75, 3.05) is 5.32 Å². The Bertz CT molecular complexity index is 876. The summed E-state index contributed by atoms with van der Waals surface area (Å²) in [7, 11) is 0. The van der Waals surface area contributed by atoms with Gasteiger partial charge in [0, 0.05) is 17.2 Å². The molecular formula is C20H23N5. The van der Waals surface area contributed by atoms with Crippen molar-refractivity contribution in [1.82, 2.24) is 19.6 Å². The van der Waals surface area contributed by atoms with Crippen molar-refractivity contribution in [3.63, 3.8) is 0 Å². The molecule has 0 atom stereocenters. The van der Waals surface area contributed by atoms with Crippen LogP contribution in [0, 0.1) is 0 Å². The number of aromatic nitrogens is 4. The van der Waals surface area contributed by atoms with E-state index in [2.05, 4.69) is 22.5 Å². The molecule has 2 aliphatic rings. The van der Waals surface area contributed by atoms with Crippen molar-refractivity contribution in [1.29, 1.82) is 0 Å². The highest BCUT2D eigenvalue weighted by Crippen LogP contribution is 2.42. The molecule has 1 aromatic carbocycles. The van der Waals surface area contributed by atoms with Gasteiger partial charge in [0.15, 0.2) is 11.5 Å². The Kier molecular flexibility index (Phi) is 3.65. The average Bonchev–Trinajstić information content (AvgIpc) is 3.42. The molecule has 0 radical (unpaired) electrons. The van der Waals surface area contributed by atoms with Crippen molar-refractivity contribution in [3.8, 4) is 11.4 Å². The fourth-order valence-corrected chi connectivity index (χ4v) is 3.82. The first-order valence-corrected chi connectivity index (χ1v) is 9.46. The van der Waals surface area contributed by atoms with Crippen LogP contribution in [0.4, 0.5) is 5.95 Å². The molecule has 0 spiro atoms. The van der Waals surface area contributed by atoms with E-state index < -0.39 is 0 Å². The molecule has 5 heteroatoms. The smallest absolute Gasteiger partial charge is 0.228 e. The molecule has 5 rings (SSSR count). The Labute approximate surface area is 147 Å². The van der Waals surface area contributed by atoms with Gasteiger partial charge in [-0.3, -0.25) is 0 Å². The molecule has 2 aromatic heterocycles. The van der Waals surface area contributed by atoms with Crippen molar-refractivity contribution in [3.05, 3.63) is 42.1 Å². The van der Waals surface area contributed by atoms with E-state index in [1.165, 1.54) is 50.5 Å². The first-order valence-electron chi connectivity index (χ1n) is 9.46. The lowest BCUT2D eigenvalue weighted by atomic mass is 9.96. The van der Waals surface area contributed by atoms with Crippen LogP contribution in [0.5, 0.6) is 0 Å². The molecule has 2 heterocycles. The minimum absolute atomic E-state index is 0.490. The fraction of sp³-hybridized carbons (Fsp3) is 0.450. The molecule has 2 fully saturated rings. The summed E-state index contributed by atoms with van der Waals surface area (Å²) in [5.41, 5.74) is 3.29. The predicted octanol–water partition coefficient (Wildman–Crippen LogP) is 4.41. The van der Waals surface area contributed by atoms with Crippen LogP contribution in [0.2, 0.25) is 0 Å². The zero-order valence-electron chi connectivity index (χ0n) is 14.4. The number of nitrogens with one attached hydrogen (secondary N) is 1. The van der Waals surface area contributed by atoms with Gasteiger partial charge in [0.1, 0.15) is 0 Å². The van der Waals surface area contributed by atoms with Gasteiger partial charge in [-0.25, -0.2) is 4.98 Å². The second-order valence-corrected chi connectivity index (χ2v) is 7.33. The summed E-state index contributed by atoms with van der Waals surface area (Å²) in [6.07, 6.45) is 10.8. The molecule has 0 aliphatic heterocycles. The molecule has 25 heavy (non-hydrogen) atoms. The number of anilines is 1. The van der Waals surface area contributed by atoms with Gasteiger partial charge < -0.3 is 5.32 Å². The van der Waals surface area contributed by atoms with Gasteiger partial charge in [-0.1, -0.05) is 49.6 Å². The second kappa shape index (κ2) is 6.14. The zero-order chi connectivity index (χ0) is 16.6. The minimum atomic E-state index is 0.490. The summed E-state index contributed by atoms with van der Waals surface area (Å²) in [5, 5.41) is 8.27.